The van der Waals surface area contributed by atoms with Crippen LogP contribution in [0.5, 0.6) is 0 Å². The van der Waals surface area contributed by atoms with E-state index in [1.54, 1.807) is 18.2 Å². The van der Waals surface area contributed by atoms with Crippen LogP contribution in [0.4, 0.5) is 5.69 Å². The van der Waals surface area contributed by atoms with E-state index in [0.717, 1.165) is 0 Å². The number of amides is 1. The number of carbonyl (C=O) groups excluding carboxylic acids is 1. The minimum atomic E-state index is -3.77. The predicted molar refractivity (Wildman–Crippen MR) is 86.6 cm³/mol. The standard InChI is InChI=1S/C13H8BrCl2NO3S/c14-12-7-8(15)1-6-11(12)13(18)17-9-2-4-10(5-3-9)21(16,19)20/h1-7H,(H,17,18). The minimum Gasteiger partial charge on any atom is -0.322 e. The third-order valence-corrected chi connectivity index (χ3v) is 4.83. The fraction of sp³-hybridized carbons (Fsp3) is 0. The highest BCUT2D eigenvalue weighted by molar-refractivity contribution is 9.10. The van der Waals surface area contributed by atoms with Crippen molar-refractivity contribution in [1.82, 2.24) is 0 Å². The van der Waals surface area contributed by atoms with E-state index in [-0.39, 0.29) is 10.8 Å². The van der Waals surface area contributed by atoms with E-state index in [4.69, 9.17) is 22.3 Å². The smallest absolute Gasteiger partial charge is 0.261 e. The van der Waals surface area contributed by atoms with E-state index in [2.05, 4.69) is 21.2 Å². The van der Waals surface area contributed by atoms with Crippen molar-refractivity contribution in [2.75, 3.05) is 5.32 Å². The van der Waals surface area contributed by atoms with Gasteiger partial charge in [-0.2, -0.15) is 0 Å². The van der Waals surface area contributed by atoms with E-state index in [9.17, 15) is 13.2 Å². The van der Waals surface area contributed by atoms with Crippen LogP contribution in [-0.4, -0.2) is 14.3 Å². The molecule has 21 heavy (non-hydrogen) atoms. The van der Waals surface area contributed by atoms with Crippen molar-refractivity contribution >= 4 is 58.9 Å². The van der Waals surface area contributed by atoms with Gasteiger partial charge in [0.05, 0.1) is 10.5 Å². The number of nitrogens with one attached hydrogen (secondary N) is 1. The summed E-state index contributed by atoms with van der Waals surface area (Å²) in [6.45, 7) is 0. The second kappa shape index (κ2) is 6.36. The Morgan fingerprint density at radius 1 is 1.10 bits per heavy atom. The van der Waals surface area contributed by atoms with Crippen molar-refractivity contribution in [2.45, 2.75) is 4.90 Å². The Hall–Kier alpha value is -1.08. The molecular formula is C13H8BrCl2NO3S. The molecule has 1 amide bonds. The lowest BCUT2D eigenvalue weighted by Crippen LogP contribution is -2.12. The van der Waals surface area contributed by atoms with Gasteiger partial charge in [-0.15, -0.1) is 0 Å². The van der Waals surface area contributed by atoms with Gasteiger partial charge < -0.3 is 5.32 Å². The van der Waals surface area contributed by atoms with Crippen LogP contribution in [0.25, 0.3) is 0 Å². The van der Waals surface area contributed by atoms with Crippen molar-refractivity contribution in [1.29, 1.82) is 0 Å². The van der Waals surface area contributed by atoms with Crippen LogP contribution >= 0.6 is 38.2 Å². The van der Waals surface area contributed by atoms with Crippen molar-refractivity contribution in [3.63, 3.8) is 0 Å². The molecule has 0 aliphatic carbocycles. The highest BCUT2D eigenvalue weighted by atomic mass is 79.9. The molecule has 1 N–H and O–H groups in total. The van der Waals surface area contributed by atoms with Crippen molar-refractivity contribution in [3.05, 3.63) is 57.5 Å². The highest BCUT2D eigenvalue weighted by Crippen LogP contribution is 2.23. The molecule has 0 heterocycles. The first-order chi connectivity index (χ1) is 9.77. The molecule has 2 aromatic carbocycles. The molecule has 4 nitrogen and oxygen atoms in total. The van der Waals surface area contributed by atoms with Crippen LogP contribution in [0.15, 0.2) is 51.8 Å². The molecule has 0 atom stereocenters. The lowest BCUT2D eigenvalue weighted by atomic mass is 10.2. The Morgan fingerprint density at radius 3 is 2.24 bits per heavy atom. The highest BCUT2D eigenvalue weighted by Gasteiger charge is 2.12. The van der Waals surface area contributed by atoms with E-state index in [1.165, 1.54) is 24.3 Å². The Morgan fingerprint density at radius 2 is 1.71 bits per heavy atom. The first-order valence-electron chi connectivity index (χ1n) is 5.58. The number of hydrogen-bond acceptors (Lipinski definition) is 3. The van der Waals surface area contributed by atoms with Gasteiger partial charge in [-0.1, -0.05) is 11.6 Å². The molecule has 0 saturated carbocycles. The maximum absolute atomic E-state index is 12.1. The molecule has 8 heteroatoms. The average molecular weight is 409 g/mol. The maximum atomic E-state index is 12.1. The number of carbonyl (C=O) groups is 1. The molecule has 110 valence electrons. The van der Waals surface area contributed by atoms with Gasteiger partial charge in [0.2, 0.25) is 0 Å². The fourth-order valence-corrected chi connectivity index (χ4v) is 3.21. The molecule has 0 bridgehead atoms. The maximum Gasteiger partial charge on any atom is 0.261 e. The van der Waals surface area contributed by atoms with Gasteiger partial charge in [0.15, 0.2) is 0 Å². The van der Waals surface area contributed by atoms with E-state index in [1.807, 2.05) is 0 Å². The van der Waals surface area contributed by atoms with Crippen molar-refractivity contribution in [2.24, 2.45) is 0 Å². The Kier molecular flexibility index (Phi) is 4.93. The molecule has 0 spiro atoms. The molecular weight excluding hydrogens is 401 g/mol. The monoisotopic (exact) mass is 407 g/mol. The summed E-state index contributed by atoms with van der Waals surface area (Å²) in [7, 11) is 1.44. The van der Waals surface area contributed by atoms with Crippen molar-refractivity contribution in [3.8, 4) is 0 Å². The summed E-state index contributed by atoms with van der Waals surface area (Å²) < 4.78 is 22.8. The fourth-order valence-electron chi connectivity index (χ4n) is 1.57. The van der Waals surface area contributed by atoms with Gasteiger partial charge in [0, 0.05) is 25.9 Å². The topological polar surface area (TPSA) is 63.2 Å². The average Bonchev–Trinajstić information content (AvgIpc) is 2.38. The third-order valence-electron chi connectivity index (χ3n) is 2.57. The summed E-state index contributed by atoms with van der Waals surface area (Å²) in [6, 6.07) is 10.3. The van der Waals surface area contributed by atoms with E-state index < -0.39 is 9.05 Å². The normalized spacial score (nSPS) is 11.2. The lowest BCUT2D eigenvalue weighted by Gasteiger charge is -2.07. The zero-order chi connectivity index (χ0) is 15.6. The molecule has 0 fully saturated rings. The summed E-state index contributed by atoms with van der Waals surface area (Å²) >= 11 is 9.07. The summed E-state index contributed by atoms with van der Waals surface area (Å²) in [5.74, 6) is -0.347. The second-order valence-electron chi connectivity index (χ2n) is 4.04. The number of rotatable bonds is 3. The molecule has 2 aromatic rings. The molecule has 0 aromatic heterocycles. The lowest BCUT2D eigenvalue weighted by molar-refractivity contribution is 0.102. The van der Waals surface area contributed by atoms with Gasteiger partial charge in [0.1, 0.15) is 0 Å². The summed E-state index contributed by atoms with van der Waals surface area (Å²) in [4.78, 5) is 12.1. The van der Waals surface area contributed by atoms with Crippen LogP contribution in [-0.2, 0) is 9.05 Å². The van der Waals surface area contributed by atoms with Gasteiger partial charge in [-0.05, 0) is 58.4 Å². The van der Waals surface area contributed by atoms with Crippen LogP contribution < -0.4 is 5.32 Å². The van der Waals surface area contributed by atoms with Crippen LogP contribution in [0.3, 0.4) is 0 Å². The number of benzene rings is 2. The van der Waals surface area contributed by atoms with Gasteiger partial charge in [-0.25, -0.2) is 8.42 Å². The first kappa shape index (κ1) is 16.3. The minimum absolute atomic E-state index is 0.0326. The molecule has 0 unspecified atom stereocenters. The van der Waals surface area contributed by atoms with Crippen molar-refractivity contribution < 1.29 is 13.2 Å². The Labute approximate surface area is 139 Å². The first-order valence-corrected chi connectivity index (χ1v) is 9.06. The van der Waals surface area contributed by atoms with Crippen LogP contribution in [0, 0.1) is 0 Å². The number of halogens is 3. The van der Waals surface area contributed by atoms with Gasteiger partial charge in [0.25, 0.3) is 15.0 Å². The molecule has 2 rings (SSSR count). The number of hydrogen-bond donors (Lipinski definition) is 1. The van der Waals surface area contributed by atoms with Gasteiger partial charge in [-0.3, -0.25) is 4.79 Å². The quantitative estimate of drug-likeness (QED) is 0.770. The van der Waals surface area contributed by atoms with Gasteiger partial charge >= 0.3 is 0 Å². The summed E-state index contributed by atoms with van der Waals surface area (Å²) in [6.07, 6.45) is 0. The molecule has 0 aliphatic heterocycles. The van der Waals surface area contributed by atoms with Crippen LogP contribution in [0.2, 0.25) is 5.02 Å². The Balaban J connectivity index is 2.20. The van der Waals surface area contributed by atoms with Crippen LogP contribution in [0.1, 0.15) is 10.4 Å². The SMILES string of the molecule is O=C(Nc1ccc(S(=O)(=O)Cl)cc1)c1ccc(Cl)cc1Br. The Bertz CT molecular complexity index is 792. The largest absolute Gasteiger partial charge is 0.322 e. The summed E-state index contributed by atoms with van der Waals surface area (Å²) in [5, 5.41) is 3.16. The second-order valence-corrected chi connectivity index (χ2v) is 7.90. The third kappa shape index (κ3) is 4.20. The number of anilines is 1. The molecule has 0 aliphatic rings. The molecule has 0 radical (unpaired) electrons. The zero-order valence-corrected chi connectivity index (χ0v) is 14.2. The zero-order valence-electron chi connectivity index (χ0n) is 10.3. The summed E-state index contributed by atoms with van der Waals surface area (Å²) in [5.41, 5.74) is 0.861. The molecule has 0 saturated heterocycles. The predicted octanol–water partition coefficient (Wildman–Crippen LogP) is 4.28. The van der Waals surface area contributed by atoms with E-state index in [0.29, 0.717) is 20.7 Å². The van der Waals surface area contributed by atoms with E-state index >= 15 is 0 Å².